The maximum atomic E-state index is 11.5. The minimum Gasteiger partial charge on any atom is -0.380 e. The van der Waals surface area contributed by atoms with Gasteiger partial charge >= 0.3 is 0 Å². The van der Waals surface area contributed by atoms with Gasteiger partial charge in [-0.25, -0.2) is 0 Å². The van der Waals surface area contributed by atoms with Gasteiger partial charge in [-0.3, -0.25) is 4.79 Å². The van der Waals surface area contributed by atoms with Crippen LogP contribution in [0.5, 0.6) is 0 Å². The molecule has 2 N–H and O–H groups in total. The van der Waals surface area contributed by atoms with Gasteiger partial charge in [0.1, 0.15) is 0 Å². The third-order valence-electron chi connectivity index (χ3n) is 2.41. The van der Waals surface area contributed by atoms with Gasteiger partial charge in [-0.2, -0.15) is 0 Å². The van der Waals surface area contributed by atoms with Crippen molar-refractivity contribution in [1.29, 1.82) is 0 Å². The molecular formula is C9H18N2O2. The molecule has 1 amide bonds. The first kappa shape index (κ1) is 10.5. The molecule has 0 spiro atoms. The molecule has 13 heavy (non-hydrogen) atoms. The van der Waals surface area contributed by atoms with E-state index in [-0.39, 0.29) is 12.0 Å². The van der Waals surface area contributed by atoms with Crippen LogP contribution in [0.4, 0.5) is 0 Å². The van der Waals surface area contributed by atoms with Gasteiger partial charge in [0.15, 0.2) is 0 Å². The Morgan fingerprint density at radius 3 is 2.92 bits per heavy atom. The van der Waals surface area contributed by atoms with E-state index in [1.54, 1.807) is 18.9 Å². The van der Waals surface area contributed by atoms with Crippen LogP contribution in [-0.4, -0.2) is 43.2 Å². The van der Waals surface area contributed by atoms with Crippen LogP contribution in [0.3, 0.4) is 0 Å². The topological polar surface area (TPSA) is 55.6 Å². The maximum absolute atomic E-state index is 11.5. The summed E-state index contributed by atoms with van der Waals surface area (Å²) in [4.78, 5) is 13.3. The maximum Gasteiger partial charge on any atom is 0.239 e. The molecule has 1 fully saturated rings. The van der Waals surface area contributed by atoms with E-state index in [0.29, 0.717) is 6.54 Å². The van der Waals surface area contributed by atoms with Gasteiger partial charge in [0, 0.05) is 20.2 Å². The van der Waals surface area contributed by atoms with Gasteiger partial charge in [-0.1, -0.05) is 0 Å². The molecule has 4 nitrogen and oxygen atoms in total. The zero-order valence-electron chi connectivity index (χ0n) is 8.32. The van der Waals surface area contributed by atoms with E-state index in [1.807, 2.05) is 0 Å². The average Bonchev–Trinajstić information content (AvgIpc) is 2.16. The van der Waals surface area contributed by atoms with E-state index < -0.39 is 6.04 Å². The second-order valence-electron chi connectivity index (χ2n) is 3.57. The molecule has 1 rings (SSSR count). The van der Waals surface area contributed by atoms with Crippen LogP contribution in [0.15, 0.2) is 0 Å². The van der Waals surface area contributed by atoms with E-state index in [9.17, 15) is 4.79 Å². The van der Waals surface area contributed by atoms with Gasteiger partial charge < -0.3 is 15.4 Å². The molecule has 1 aliphatic heterocycles. The Labute approximate surface area is 79.0 Å². The number of nitrogens with zero attached hydrogens (tertiary/aromatic N) is 1. The molecule has 0 bridgehead atoms. The summed E-state index contributed by atoms with van der Waals surface area (Å²) >= 11 is 0. The monoisotopic (exact) mass is 186 g/mol. The molecule has 2 unspecified atom stereocenters. The van der Waals surface area contributed by atoms with Crippen LogP contribution in [-0.2, 0) is 9.53 Å². The lowest BCUT2D eigenvalue weighted by Gasteiger charge is -2.32. The van der Waals surface area contributed by atoms with E-state index in [2.05, 4.69) is 0 Å². The highest BCUT2D eigenvalue weighted by Gasteiger charge is 2.24. The Morgan fingerprint density at radius 2 is 2.38 bits per heavy atom. The van der Waals surface area contributed by atoms with E-state index in [4.69, 9.17) is 10.5 Å². The zero-order valence-corrected chi connectivity index (χ0v) is 8.32. The summed E-state index contributed by atoms with van der Waals surface area (Å²) in [6, 6.07) is -0.393. The number of nitrogens with two attached hydrogens (primary N) is 1. The first-order valence-electron chi connectivity index (χ1n) is 4.72. The molecule has 76 valence electrons. The number of amides is 1. The summed E-state index contributed by atoms with van der Waals surface area (Å²) in [5.74, 6) is 0.0294. The summed E-state index contributed by atoms with van der Waals surface area (Å²) in [6.07, 6.45) is 2.24. The molecule has 0 saturated carbocycles. The van der Waals surface area contributed by atoms with Crippen molar-refractivity contribution in [2.45, 2.75) is 31.9 Å². The summed E-state index contributed by atoms with van der Waals surface area (Å²) in [5, 5.41) is 0. The van der Waals surface area contributed by atoms with Crippen molar-refractivity contribution < 1.29 is 9.53 Å². The number of methoxy groups -OCH3 is 1. The van der Waals surface area contributed by atoms with Gasteiger partial charge in [0.25, 0.3) is 0 Å². The fourth-order valence-corrected chi connectivity index (χ4v) is 1.62. The Morgan fingerprint density at radius 1 is 1.69 bits per heavy atom. The highest BCUT2D eigenvalue weighted by Crippen LogP contribution is 2.12. The molecule has 0 aromatic carbocycles. The smallest absolute Gasteiger partial charge is 0.239 e. The molecule has 0 aliphatic carbocycles. The number of rotatable bonds is 2. The summed E-state index contributed by atoms with van der Waals surface area (Å²) < 4.78 is 5.22. The van der Waals surface area contributed by atoms with Crippen molar-refractivity contribution in [2.24, 2.45) is 5.73 Å². The Balaban J connectivity index is 2.46. The quantitative estimate of drug-likeness (QED) is 0.659. The zero-order chi connectivity index (χ0) is 9.84. The Hall–Kier alpha value is -0.610. The number of piperidine rings is 1. The standard InChI is InChI=1S/C9H18N2O2/c1-7(10)9(12)11-5-3-4-8(6-11)13-2/h7-8H,3-6,10H2,1-2H3. The molecule has 0 radical (unpaired) electrons. The number of carbonyl (C=O) groups is 1. The second-order valence-corrected chi connectivity index (χ2v) is 3.57. The largest absolute Gasteiger partial charge is 0.380 e. The van der Waals surface area contributed by atoms with Gasteiger partial charge in [0.2, 0.25) is 5.91 Å². The highest BCUT2D eigenvalue weighted by atomic mass is 16.5. The number of hydrogen-bond donors (Lipinski definition) is 1. The average molecular weight is 186 g/mol. The number of hydrogen-bond acceptors (Lipinski definition) is 3. The van der Waals surface area contributed by atoms with Crippen molar-refractivity contribution in [3.63, 3.8) is 0 Å². The molecular weight excluding hydrogens is 168 g/mol. The number of ether oxygens (including phenoxy) is 1. The Bertz CT molecular complexity index is 182. The lowest BCUT2D eigenvalue weighted by molar-refractivity contribution is -0.135. The Kier molecular flexibility index (Phi) is 3.69. The van der Waals surface area contributed by atoms with Crippen LogP contribution in [0, 0.1) is 0 Å². The van der Waals surface area contributed by atoms with Crippen LogP contribution in [0.1, 0.15) is 19.8 Å². The van der Waals surface area contributed by atoms with Crippen LogP contribution in [0.25, 0.3) is 0 Å². The third kappa shape index (κ3) is 2.67. The normalized spacial score (nSPS) is 25.8. The van der Waals surface area contributed by atoms with Crippen LogP contribution < -0.4 is 5.73 Å². The highest BCUT2D eigenvalue weighted by molar-refractivity contribution is 5.81. The van der Waals surface area contributed by atoms with Crippen LogP contribution >= 0.6 is 0 Å². The van der Waals surface area contributed by atoms with E-state index >= 15 is 0 Å². The summed E-state index contributed by atoms with van der Waals surface area (Å²) in [5.41, 5.74) is 5.52. The summed E-state index contributed by atoms with van der Waals surface area (Å²) in [7, 11) is 1.69. The lowest BCUT2D eigenvalue weighted by Crippen LogP contribution is -2.48. The fourth-order valence-electron chi connectivity index (χ4n) is 1.62. The minimum atomic E-state index is -0.393. The molecule has 1 saturated heterocycles. The van der Waals surface area contributed by atoms with Gasteiger partial charge in [-0.05, 0) is 19.8 Å². The molecule has 4 heteroatoms. The minimum absolute atomic E-state index is 0.0294. The first-order valence-corrected chi connectivity index (χ1v) is 4.72. The van der Waals surface area contributed by atoms with Gasteiger partial charge in [0.05, 0.1) is 12.1 Å². The second kappa shape index (κ2) is 4.58. The predicted molar refractivity (Wildman–Crippen MR) is 50.3 cm³/mol. The van der Waals surface area contributed by atoms with Gasteiger partial charge in [-0.15, -0.1) is 0 Å². The van der Waals surface area contributed by atoms with Crippen LogP contribution in [0.2, 0.25) is 0 Å². The third-order valence-corrected chi connectivity index (χ3v) is 2.41. The van der Waals surface area contributed by atoms with Crippen molar-refractivity contribution in [2.75, 3.05) is 20.2 Å². The van der Waals surface area contributed by atoms with Crippen molar-refractivity contribution in [1.82, 2.24) is 4.90 Å². The number of carbonyl (C=O) groups excluding carboxylic acids is 1. The van der Waals surface area contributed by atoms with E-state index in [0.717, 1.165) is 19.4 Å². The van der Waals surface area contributed by atoms with Crippen molar-refractivity contribution >= 4 is 5.91 Å². The summed E-state index contributed by atoms with van der Waals surface area (Å²) in [6.45, 7) is 3.23. The molecule has 0 aromatic heterocycles. The molecule has 1 aliphatic rings. The predicted octanol–water partition coefficient (Wildman–Crippen LogP) is -0.0290. The number of likely N-dealkylation sites (tertiary alicyclic amines) is 1. The first-order chi connectivity index (χ1) is 6.15. The van der Waals surface area contributed by atoms with Crippen molar-refractivity contribution in [3.8, 4) is 0 Å². The van der Waals surface area contributed by atoms with E-state index in [1.165, 1.54) is 0 Å². The lowest BCUT2D eigenvalue weighted by atomic mass is 10.1. The molecule has 2 atom stereocenters. The fraction of sp³-hybridized carbons (Fsp3) is 0.889. The molecule has 0 aromatic rings. The SMILES string of the molecule is COC1CCCN(C(=O)C(C)N)C1. The van der Waals surface area contributed by atoms with Crippen molar-refractivity contribution in [3.05, 3.63) is 0 Å². The molecule has 1 heterocycles.